The number of carboxylic acids is 1. The number of anilines is 1. The van der Waals surface area contributed by atoms with Gasteiger partial charge in [0.1, 0.15) is 11.9 Å². The van der Waals surface area contributed by atoms with Gasteiger partial charge < -0.3 is 10.0 Å². The van der Waals surface area contributed by atoms with Crippen LogP contribution >= 0.6 is 0 Å². The fourth-order valence-corrected chi connectivity index (χ4v) is 6.86. The van der Waals surface area contributed by atoms with Crippen LogP contribution in [0.2, 0.25) is 0 Å². The summed E-state index contributed by atoms with van der Waals surface area (Å²) in [5, 5.41) is 13.1. The molecule has 1 aromatic heterocycles. The highest BCUT2D eigenvalue weighted by atomic mass is 32.2. The third-order valence-corrected chi connectivity index (χ3v) is 8.73. The van der Waals surface area contributed by atoms with E-state index in [1.807, 2.05) is 0 Å². The topological polar surface area (TPSA) is 92.5 Å². The van der Waals surface area contributed by atoms with E-state index < -0.39 is 43.7 Å². The largest absolute Gasteiger partial charge is 0.480 e. The SMILES string of the molecule is Cc1cc(N2C[C@H](S(=O)(=O)c3ccccc3C(F)(F)F)C[C@H]2C(=O)O)n(C2CCCCC2)n1. The van der Waals surface area contributed by atoms with Crippen LogP contribution in [0.15, 0.2) is 35.2 Å². The summed E-state index contributed by atoms with van der Waals surface area (Å²) in [6.07, 6.45) is -0.204. The molecule has 2 aliphatic rings. The van der Waals surface area contributed by atoms with Crippen molar-refractivity contribution in [1.29, 1.82) is 0 Å². The summed E-state index contributed by atoms with van der Waals surface area (Å²) in [4.78, 5) is 12.7. The molecular weight excluding hydrogens is 459 g/mol. The third kappa shape index (κ3) is 4.47. The molecule has 1 aliphatic carbocycles. The predicted molar refractivity (Wildman–Crippen MR) is 115 cm³/mol. The normalized spacial score (nSPS) is 22.6. The number of benzene rings is 1. The molecule has 11 heteroatoms. The van der Waals surface area contributed by atoms with Gasteiger partial charge in [0.2, 0.25) is 0 Å². The maximum absolute atomic E-state index is 13.5. The molecule has 4 rings (SSSR count). The minimum Gasteiger partial charge on any atom is -0.480 e. The molecule has 180 valence electrons. The summed E-state index contributed by atoms with van der Waals surface area (Å²) in [7, 11) is -4.45. The number of hydrogen-bond donors (Lipinski definition) is 1. The van der Waals surface area contributed by atoms with E-state index in [1.165, 1.54) is 11.0 Å². The molecular formula is C22H26F3N3O4S. The number of sulfone groups is 1. The fraction of sp³-hybridized carbons (Fsp3) is 0.545. The Labute approximate surface area is 190 Å². The molecule has 1 N–H and O–H groups in total. The quantitative estimate of drug-likeness (QED) is 0.682. The number of aromatic nitrogens is 2. The smallest absolute Gasteiger partial charge is 0.417 e. The lowest BCUT2D eigenvalue weighted by Crippen LogP contribution is -2.38. The van der Waals surface area contributed by atoms with E-state index >= 15 is 0 Å². The van der Waals surface area contributed by atoms with Gasteiger partial charge in [-0.25, -0.2) is 17.9 Å². The Kier molecular flexibility index (Phi) is 6.19. The molecule has 2 atom stereocenters. The number of aryl methyl sites for hydroxylation is 1. The fourth-order valence-electron chi connectivity index (χ4n) is 4.95. The van der Waals surface area contributed by atoms with Gasteiger partial charge >= 0.3 is 12.1 Å². The van der Waals surface area contributed by atoms with Gasteiger partial charge in [0.05, 0.1) is 27.4 Å². The first-order chi connectivity index (χ1) is 15.5. The minimum atomic E-state index is -4.84. The number of nitrogens with zero attached hydrogens (tertiary/aromatic N) is 3. The Balaban J connectivity index is 1.72. The predicted octanol–water partition coefficient (Wildman–Crippen LogP) is 4.22. The summed E-state index contributed by atoms with van der Waals surface area (Å²) in [6, 6.07) is 4.67. The molecule has 0 amide bonds. The van der Waals surface area contributed by atoms with Crippen LogP contribution in [0.4, 0.5) is 19.0 Å². The molecule has 1 aliphatic heterocycles. The van der Waals surface area contributed by atoms with Crippen LogP contribution in [-0.2, 0) is 20.8 Å². The number of carboxylic acid groups (broad SMARTS) is 1. The van der Waals surface area contributed by atoms with Crippen molar-refractivity contribution in [3.8, 4) is 0 Å². The molecule has 1 saturated carbocycles. The Morgan fingerprint density at radius 3 is 2.45 bits per heavy atom. The zero-order valence-electron chi connectivity index (χ0n) is 18.1. The van der Waals surface area contributed by atoms with Crippen molar-refractivity contribution < 1.29 is 31.5 Å². The van der Waals surface area contributed by atoms with E-state index in [4.69, 9.17) is 0 Å². The van der Waals surface area contributed by atoms with Gasteiger partial charge in [-0.15, -0.1) is 0 Å². The molecule has 0 radical (unpaired) electrons. The molecule has 0 spiro atoms. The van der Waals surface area contributed by atoms with Crippen molar-refractivity contribution in [3.63, 3.8) is 0 Å². The van der Waals surface area contributed by atoms with E-state index in [9.17, 15) is 31.5 Å². The van der Waals surface area contributed by atoms with Crippen molar-refractivity contribution in [2.75, 3.05) is 11.4 Å². The van der Waals surface area contributed by atoms with Crippen molar-refractivity contribution in [1.82, 2.24) is 9.78 Å². The summed E-state index contributed by atoms with van der Waals surface area (Å²) in [6.45, 7) is 1.56. The first-order valence-electron chi connectivity index (χ1n) is 11.0. The van der Waals surface area contributed by atoms with E-state index in [0.29, 0.717) is 11.5 Å². The average Bonchev–Trinajstić information content (AvgIpc) is 3.38. The van der Waals surface area contributed by atoms with Crippen LogP contribution in [0.5, 0.6) is 0 Å². The van der Waals surface area contributed by atoms with E-state index in [0.717, 1.165) is 50.3 Å². The number of hydrogen-bond acceptors (Lipinski definition) is 5. The zero-order chi connectivity index (χ0) is 24.0. The zero-order valence-corrected chi connectivity index (χ0v) is 18.9. The number of rotatable bonds is 5. The highest BCUT2D eigenvalue weighted by Crippen LogP contribution is 2.40. The van der Waals surface area contributed by atoms with E-state index in [1.54, 1.807) is 17.7 Å². The highest BCUT2D eigenvalue weighted by molar-refractivity contribution is 7.92. The van der Waals surface area contributed by atoms with Gasteiger partial charge in [-0.1, -0.05) is 31.4 Å². The van der Waals surface area contributed by atoms with Crippen LogP contribution < -0.4 is 4.90 Å². The molecule has 1 saturated heterocycles. The van der Waals surface area contributed by atoms with E-state index in [-0.39, 0.29) is 19.0 Å². The van der Waals surface area contributed by atoms with Gasteiger partial charge in [-0.3, -0.25) is 0 Å². The first-order valence-corrected chi connectivity index (χ1v) is 12.5. The lowest BCUT2D eigenvalue weighted by molar-refractivity contribution is -0.140. The second-order valence-corrected chi connectivity index (χ2v) is 11.0. The van der Waals surface area contributed by atoms with Crippen molar-refractivity contribution in [2.45, 2.75) is 73.9 Å². The monoisotopic (exact) mass is 485 g/mol. The highest BCUT2D eigenvalue weighted by Gasteiger charge is 2.47. The second kappa shape index (κ2) is 8.66. The molecule has 33 heavy (non-hydrogen) atoms. The van der Waals surface area contributed by atoms with Crippen LogP contribution in [0.25, 0.3) is 0 Å². The average molecular weight is 486 g/mol. The Morgan fingerprint density at radius 1 is 1.15 bits per heavy atom. The third-order valence-electron chi connectivity index (χ3n) is 6.54. The standard InChI is InChI=1S/C22H26F3N3O4S/c1-14-11-20(28(26-14)15-7-3-2-4-8-15)27-13-16(12-18(27)21(29)30)33(31,32)19-10-6-5-9-17(19)22(23,24)25/h5-6,9-11,15-16,18H,2-4,7-8,12-13H2,1H3,(H,29,30)/t16-,18+/m1/s1. The second-order valence-electron chi connectivity index (χ2n) is 8.78. The molecule has 0 unspecified atom stereocenters. The summed E-state index contributed by atoms with van der Waals surface area (Å²) < 4.78 is 68.9. The van der Waals surface area contributed by atoms with Gasteiger partial charge in [0.15, 0.2) is 9.84 Å². The Hall–Kier alpha value is -2.56. The molecule has 1 aromatic carbocycles. The Morgan fingerprint density at radius 2 is 1.82 bits per heavy atom. The molecule has 2 aromatic rings. The number of alkyl halides is 3. The van der Waals surface area contributed by atoms with Crippen molar-refractivity contribution in [3.05, 3.63) is 41.6 Å². The summed E-state index contributed by atoms with van der Waals surface area (Å²) >= 11 is 0. The molecule has 0 bridgehead atoms. The van der Waals surface area contributed by atoms with Crippen molar-refractivity contribution in [2.24, 2.45) is 0 Å². The maximum atomic E-state index is 13.5. The van der Waals surface area contributed by atoms with Gasteiger partial charge in [0.25, 0.3) is 0 Å². The molecule has 2 fully saturated rings. The summed E-state index contributed by atoms with van der Waals surface area (Å²) in [5.74, 6) is -0.709. The van der Waals surface area contributed by atoms with Crippen LogP contribution in [0.3, 0.4) is 0 Å². The van der Waals surface area contributed by atoms with Gasteiger partial charge in [0, 0.05) is 12.6 Å². The lowest BCUT2D eigenvalue weighted by Gasteiger charge is -2.29. The number of carbonyl (C=O) groups is 1. The first kappa shape index (κ1) is 23.6. The Bertz CT molecular complexity index is 1140. The van der Waals surface area contributed by atoms with Crippen molar-refractivity contribution >= 4 is 21.6 Å². The minimum absolute atomic E-state index is 0.0820. The number of halogens is 3. The molecule has 2 heterocycles. The summed E-state index contributed by atoms with van der Waals surface area (Å²) in [5.41, 5.74) is -0.563. The molecule has 7 nitrogen and oxygen atoms in total. The van der Waals surface area contributed by atoms with Crippen LogP contribution in [-0.4, -0.2) is 47.1 Å². The maximum Gasteiger partial charge on any atom is 0.417 e. The van der Waals surface area contributed by atoms with Crippen LogP contribution in [0, 0.1) is 6.92 Å². The van der Waals surface area contributed by atoms with Gasteiger partial charge in [-0.05, 0) is 38.3 Å². The van der Waals surface area contributed by atoms with Gasteiger partial charge in [-0.2, -0.15) is 18.3 Å². The van der Waals surface area contributed by atoms with E-state index in [2.05, 4.69) is 5.10 Å². The lowest BCUT2D eigenvalue weighted by atomic mass is 9.96. The van der Waals surface area contributed by atoms with Crippen LogP contribution in [0.1, 0.15) is 55.8 Å². The number of aliphatic carboxylic acids is 1.